The molecular weight excluding hydrogens is 372 g/mol. The van der Waals surface area contributed by atoms with Crippen LogP contribution in [0.4, 0.5) is 10.5 Å². The van der Waals surface area contributed by atoms with Gasteiger partial charge in [-0.05, 0) is 49.2 Å². The van der Waals surface area contributed by atoms with E-state index < -0.39 is 17.8 Å². The van der Waals surface area contributed by atoms with Crippen LogP contribution in [0.15, 0.2) is 54.1 Å². The minimum Gasteiger partial charge on any atom is -0.490 e. The summed E-state index contributed by atoms with van der Waals surface area (Å²) in [6.45, 7) is 4.86. The van der Waals surface area contributed by atoms with E-state index in [4.69, 9.17) is 9.47 Å². The number of nitrogens with one attached hydrogen (secondary N) is 1. The van der Waals surface area contributed by atoms with Gasteiger partial charge in [0.2, 0.25) is 0 Å². The van der Waals surface area contributed by atoms with Crippen molar-refractivity contribution in [1.82, 2.24) is 5.32 Å². The van der Waals surface area contributed by atoms with Gasteiger partial charge in [0.05, 0.1) is 18.9 Å². The van der Waals surface area contributed by atoms with Crippen molar-refractivity contribution in [2.75, 3.05) is 18.1 Å². The Morgan fingerprint density at radius 2 is 1.72 bits per heavy atom. The lowest BCUT2D eigenvalue weighted by atomic mass is 10.1. The molecule has 1 saturated heterocycles. The van der Waals surface area contributed by atoms with Crippen LogP contribution in [0.3, 0.4) is 0 Å². The SMILES string of the molecule is CCCOc1ccc(/C=C2\C(=O)NC(=O)N(c3ccccc3)C2=O)cc1OCC. The number of ether oxygens (including phenoxy) is 2. The predicted octanol–water partition coefficient (Wildman–Crippen LogP) is 3.54. The molecule has 1 fully saturated rings. The predicted molar refractivity (Wildman–Crippen MR) is 109 cm³/mol. The van der Waals surface area contributed by atoms with Crippen LogP contribution >= 0.6 is 0 Å². The Bertz CT molecular complexity index is 953. The number of barbiturate groups is 1. The van der Waals surface area contributed by atoms with Crippen LogP contribution in [0, 0.1) is 0 Å². The van der Waals surface area contributed by atoms with Gasteiger partial charge in [-0.3, -0.25) is 14.9 Å². The Morgan fingerprint density at radius 3 is 2.41 bits per heavy atom. The average molecular weight is 394 g/mol. The molecule has 7 heteroatoms. The van der Waals surface area contributed by atoms with Crippen LogP contribution < -0.4 is 19.7 Å². The molecule has 4 amide bonds. The molecule has 3 rings (SSSR count). The number of anilines is 1. The lowest BCUT2D eigenvalue weighted by molar-refractivity contribution is -0.122. The van der Waals surface area contributed by atoms with Gasteiger partial charge >= 0.3 is 6.03 Å². The highest BCUT2D eigenvalue weighted by Gasteiger charge is 2.36. The fourth-order valence-electron chi connectivity index (χ4n) is 2.85. The highest BCUT2D eigenvalue weighted by molar-refractivity contribution is 6.39. The molecule has 0 unspecified atom stereocenters. The van der Waals surface area contributed by atoms with Gasteiger partial charge in [0, 0.05) is 0 Å². The fraction of sp³-hybridized carbons (Fsp3) is 0.227. The number of imide groups is 2. The first-order valence-corrected chi connectivity index (χ1v) is 9.41. The molecule has 1 aliphatic heterocycles. The zero-order chi connectivity index (χ0) is 20.8. The van der Waals surface area contributed by atoms with E-state index >= 15 is 0 Å². The summed E-state index contributed by atoms with van der Waals surface area (Å²) < 4.78 is 11.3. The summed E-state index contributed by atoms with van der Waals surface area (Å²) in [6, 6.07) is 12.8. The van der Waals surface area contributed by atoms with Crippen LogP contribution in [-0.4, -0.2) is 31.1 Å². The molecule has 0 saturated carbocycles. The summed E-state index contributed by atoms with van der Waals surface area (Å²) in [5, 5.41) is 2.21. The van der Waals surface area contributed by atoms with Crippen LogP contribution in [0.5, 0.6) is 11.5 Å². The molecule has 0 bridgehead atoms. The molecule has 0 atom stereocenters. The van der Waals surface area contributed by atoms with Gasteiger partial charge in [-0.15, -0.1) is 0 Å². The quantitative estimate of drug-likeness (QED) is 0.574. The van der Waals surface area contributed by atoms with Crippen molar-refractivity contribution in [1.29, 1.82) is 0 Å². The van der Waals surface area contributed by atoms with E-state index in [1.165, 1.54) is 6.08 Å². The zero-order valence-electron chi connectivity index (χ0n) is 16.3. The first kappa shape index (κ1) is 20.1. The standard InChI is InChI=1S/C22H22N2O5/c1-3-12-29-18-11-10-15(14-19(18)28-4-2)13-17-20(25)23-22(27)24(21(17)26)16-8-6-5-7-9-16/h5-11,13-14H,3-4,12H2,1-2H3,(H,23,25,27)/b17-13+. The minimum absolute atomic E-state index is 0.141. The maximum atomic E-state index is 12.9. The number of rotatable bonds is 7. The number of nitrogens with zero attached hydrogens (tertiary/aromatic N) is 1. The normalized spacial score (nSPS) is 15.4. The topological polar surface area (TPSA) is 84.9 Å². The molecule has 2 aromatic rings. The Hall–Kier alpha value is -3.61. The van der Waals surface area contributed by atoms with Crippen molar-refractivity contribution in [2.24, 2.45) is 0 Å². The average Bonchev–Trinajstić information content (AvgIpc) is 2.71. The summed E-state index contributed by atoms with van der Waals surface area (Å²) in [7, 11) is 0. The molecule has 1 N–H and O–H groups in total. The molecule has 29 heavy (non-hydrogen) atoms. The number of para-hydroxylation sites is 1. The first-order chi connectivity index (χ1) is 14.0. The van der Waals surface area contributed by atoms with E-state index in [-0.39, 0.29) is 5.57 Å². The van der Waals surface area contributed by atoms with Crippen molar-refractivity contribution in [2.45, 2.75) is 20.3 Å². The monoisotopic (exact) mass is 394 g/mol. The third kappa shape index (κ3) is 4.45. The lowest BCUT2D eigenvalue weighted by Gasteiger charge is -2.26. The Balaban J connectivity index is 1.95. The van der Waals surface area contributed by atoms with Gasteiger partial charge in [0.15, 0.2) is 11.5 Å². The molecule has 7 nitrogen and oxygen atoms in total. The van der Waals surface area contributed by atoms with E-state index in [1.807, 2.05) is 13.8 Å². The highest BCUT2D eigenvalue weighted by atomic mass is 16.5. The molecule has 150 valence electrons. The number of hydrogen-bond acceptors (Lipinski definition) is 5. The Morgan fingerprint density at radius 1 is 0.966 bits per heavy atom. The Kier molecular flexibility index (Phi) is 6.29. The molecule has 1 aliphatic rings. The van der Waals surface area contributed by atoms with E-state index in [0.717, 1.165) is 11.3 Å². The van der Waals surface area contributed by atoms with Crippen LogP contribution in [-0.2, 0) is 9.59 Å². The molecule has 0 spiro atoms. The van der Waals surface area contributed by atoms with E-state index in [9.17, 15) is 14.4 Å². The van der Waals surface area contributed by atoms with Crippen molar-refractivity contribution in [3.05, 3.63) is 59.7 Å². The van der Waals surface area contributed by atoms with Crippen molar-refractivity contribution < 1.29 is 23.9 Å². The van der Waals surface area contributed by atoms with Gasteiger partial charge in [-0.1, -0.05) is 31.2 Å². The van der Waals surface area contributed by atoms with Gasteiger partial charge in [-0.2, -0.15) is 0 Å². The number of carbonyl (C=O) groups excluding carboxylic acids is 3. The second-order valence-electron chi connectivity index (χ2n) is 6.28. The molecule has 0 aromatic heterocycles. The molecular formula is C22H22N2O5. The molecule has 0 radical (unpaired) electrons. The second-order valence-corrected chi connectivity index (χ2v) is 6.28. The largest absolute Gasteiger partial charge is 0.490 e. The number of urea groups is 1. The minimum atomic E-state index is -0.776. The fourth-order valence-corrected chi connectivity index (χ4v) is 2.85. The molecule has 1 heterocycles. The van der Waals surface area contributed by atoms with Crippen LogP contribution in [0.1, 0.15) is 25.8 Å². The van der Waals surface area contributed by atoms with Crippen LogP contribution in [0.2, 0.25) is 0 Å². The van der Waals surface area contributed by atoms with Gasteiger partial charge in [0.1, 0.15) is 5.57 Å². The van der Waals surface area contributed by atoms with Crippen LogP contribution in [0.25, 0.3) is 6.08 Å². The van der Waals surface area contributed by atoms with Crippen molar-refractivity contribution >= 4 is 29.6 Å². The summed E-state index contributed by atoms with van der Waals surface area (Å²) in [6.07, 6.45) is 2.29. The van der Waals surface area contributed by atoms with Crippen molar-refractivity contribution in [3.63, 3.8) is 0 Å². The van der Waals surface area contributed by atoms with Gasteiger partial charge in [-0.25, -0.2) is 9.69 Å². The van der Waals surface area contributed by atoms with Gasteiger partial charge in [0.25, 0.3) is 11.8 Å². The summed E-state index contributed by atoms with van der Waals surface area (Å²) >= 11 is 0. The summed E-state index contributed by atoms with van der Waals surface area (Å²) in [5.74, 6) is -0.308. The Labute approximate surface area is 168 Å². The van der Waals surface area contributed by atoms with E-state index in [0.29, 0.717) is 36.0 Å². The summed E-state index contributed by atoms with van der Waals surface area (Å²) in [4.78, 5) is 38.3. The van der Waals surface area contributed by atoms with E-state index in [1.54, 1.807) is 48.5 Å². The van der Waals surface area contributed by atoms with Gasteiger partial charge < -0.3 is 9.47 Å². The summed E-state index contributed by atoms with van der Waals surface area (Å²) in [5.41, 5.74) is 0.822. The third-order valence-corrected chi connectivity index (χ3v) is 4.16. The lowest BCUT2D eigenvalue weighted by Crippen LogP contribution is -2.54. The number of carbonyl (C=O) groups is 3. The molecule has 2 aromatic carbocycles. The third-order valence-electron chi connectivity index (χ3n) is 4.16. The molecule has 0 aliphatic carbocycles. The number of amides is 4. The maximum Gasteiger partial charge on any atom is 0.335 e. The van der Waals surface area contributed by atoms with Crippen molar-refractivity contribution in [3.8, 4) is 11.5 Å². The number of hydrogen-bond donors (Lipinski definition) is 1. The highest BCUT2D eigenvalue weighted by Crippen LogP contribution is 2.30. The smallest absolute Gasteiger partial charge is 0.335 e. The van der Waals surface area contributed by atoms with E-state index in [2.05, 4.69) is 5.32 Å². The number of benzene rings is 2. The maximum absolute atomic E-state index is 12.9. The first-order valence-electron chi connectivity index (χ1n) is 9.41. The second kappa shape index (κ2) is 9.05. The zero-order valence-corrected chi connectivity index (χ0v) is 16.3.